The van der Waals surface area contributed by atoms with Crippen LogP contribution in [0.1, 0.15) is 24.5 Å². The van der Waals surface area contributed by atoms with Crippen molar-refractivity contribution in [1.29, 1.82) is 0 Å². The highest BCUT2D eigenvalue weighted by Gasteiger charge is 2.20. The van der Waals surface area contributed by atoms with E-state index in [0.717, 1.165) is 18.5 Å². The third-order valence-corrected chi connectivity index (χ3v) is 3.46. The van der Waals surface area contributed by atoms with Gasteiger partial charge in [-0.05, 0) is 56.6 Å². The van der Waals surface area contributed by atoms with Crippen LogP contribution >= 0.6 is 0 Å². The number of likely N-dealkylation sites (N-methyl/N-ethyl adjacent to an activating group) is 1. The lowest BCUT2D eigenvalue weighted by atomic mass is 9.87. The van der Waals surface area contributed by atoms with E-state index in [0.29, 0.717) is 6.04 Å². The molecule has 0 unspecified atom stereocenters. The fraction of sp³-hybridized carbons (Fsp3) is 0.500. The molecule has 0 fully saturated rings. The molecule has 0 saturated carbocycles. The molecule has 0 heterocycles. The number of carbonyl (C=O) groups is 1. The summed E-state index contributed by atoms with van der Waals surface area (Å²) in [5.41, 5.74) is 3.72. The summed E-state index contributed by atoms with van der Waals surface area (Å²) >= 11 is 0. The summed E-state index contributed by atoms with van der Waals surface area (Å²) in [5.74, 6) is -0.00933. The van der Waals surface area contributed by atoms with Gasteiger partial charge in [0.05, 0.1) is 0 Å². The van der Waals surface area contributed by atoms with Gasteiger partial charge in [-0.15, -0.1) is 0 Å². The van der Waals surface area contributed by atoms with Crippen molar-refractivity contribution in [3.8, 4) is 0 Å². The fourth-order valence-electron chi connectivity index (χ4n) is 2.46. The van der Waals surface area contributed by atoms with Crippen LogP contribution in [0.25, 0.3) is 0 Å². The number of benzene rings is 1. The lowest BCUT2D eigenvalue weighted by Crippen LogP contribution is -2.33. The van der Waals surface area contributed by atoms with Crippen molar-refractivity contribution in [2.24, 2.45) is 0 Å². The smallest absolute Gasteiger partial charge is 0.221 e. The van der Waals surface area contributed by atoms with E-state index < -0.39 is 0 Å². The molecule has 3 nitrogen and oxygen atoms in total. The third-order valence-electron chi connectivity index (χ3n) is 3.46. The number of aryl methyl sites for hydroxylation is 1. The zero-order valence-corrected chi connectivity index (χ0v) is 10.8. The molecule has 0 bridgehead atoms. The van der Waals surface area contributed by atoms with Crippen LogP contribution in [0.2, 0.25) is 0 Å². The van der Waals surface area contributed by atoms with Gasteiger partial charge in [0.15, 0.2) is 0 Å². The van der Waals surface area contributed by atoms with Gasteiger partial charge in [0, 0.05) is 18.7 Å². The normalized spacial score (nSPS) is 18.9. The van der Waals surface area contributed by atoms with Crippen LogP contribution in [0.5, 0.6) is 0 Å². The van der Waals surface area contributed by atoms with E-state index in [4.69, 9.17) is 0 Å². The molecule has 1 atom stereocenters. The number of anilines is 1. The average molecular weight is 232 g/mol. The summed E-state index contributed by atoms with van der Waals surface area (Å²) in [7, 11) is 4.26. The monoisotopic (exact) mass is 232 g/mol. The number of hydrogen-bond acceptors (Lipinski definition) is 2. The minimum absolute atomic E-state index is 0.00933. The zero-order chi connectivity index (χ0) is 12.4. The highest BCUT2D eigenvalue weighted by atomic mass is 16.1. The predicted molar refractivity (Wildman–Crippen MR) is 70.2 cm³/mol. The highest BCUT2D eigenvalue weighted by molar-refractivity contribution is 5.88. The highest BCUT2D eigenvalue weighted by Crippen LogP contribution is 2.26. The molecule has 0 aromatic heterocycles. The van der Waals surface area contributed by atoms with Crippen LogP contribution in [0, 0.1) is 0 Å². The van der Waals surface area contributed by atoms with Crippen LogP contribution in [-0.4, -0.2) is 30.9 Å². The summed E-state index contributed by atoms with van der Waals surface area (Å²) in [6, 6.07) is 6.88. The summed E-state index contributed by atoms with van der Waals surface area (Å²) in [5, 5.41) is 2.85. The number of rotatable bonds is 2. The lowest BCUT2D eigenvalue weighted by molar-refractivity contribution is -0.114. The minimum atomic E-state index is -0.00933. The second-order valence-electron chi connectivity index (χ2n) is 5.02. The molecule has 0 spiro atoms. The van der Waals surface area contributed by atoms with Gasteiger partial charge in [-0.2, -0.15) is 0 Å². The van der Waals surface area contributed by atoms with E-state index in [1.54, 1.807) is 6.92 Å². The number of fused-ring (bicyclic) bond motifs is 1. The average Bonchev–Trinajstić information content (AvgIpc) is 2.27. The van der Waals surface area contributed by atoms with E-state index in [1.807, 2.05) is 6.07 Å². The van der Waals surface area contributed by atoms with E-state index in [2.05, 4.69) is 36.4 Å². The number of hydrogen-bond donors (Lipinski definition) is 1. The van der Waals surface area contributed by atoms with Gasteiger partial charge < -0.3 is 10.2 Å². The van der Waals surface area contributed by atoms with Crippen LogP contribution < -0.4 is 5.32 Å². The molecule has 0 saturated heterocycles. The Hall–Kier alpha value is -1.35. The minimum Gasteiger partial charge on any atom is -0.326 e. The summed E-state index contributed by atoms with van der Waals surface area (Å²) in [6.07, 6.45) is 3.44. The molecule has 1 aliphatic carbocycles. The first kappa shape index (κ1) is 12.1. The van der Waals surface area contributed by atoms with E-state index in [-0.39, 0.29) is 5.91 Å². The maximum Gasteiger partial charge on any atom is 0.221 e. The molecular weight excluding hydrogens is 212 g/mol. The maximum absolute atomic E-state index is 11.0. The molecular formula is C14H20N2O. The summed E-state index contributed by atoms with van der Waals surface area (Å²) in [6.45, 7) is 1.54. The Labute approximate surface area is 103 Å². The molecule has 0 radical (unpaired) electrons. The third kappa shape index (κ3) is 2.86. The van der Waals surface area contributed by atoms with Crippen molar-refractivity contribution in [1.82, 2.24) is 4.90 Å². The van der Waals surface area contributed by atoms with Crippen molar-refractivity contribution in [2.75, 3.05) is 19.4 Å². The second kappa shape index (κ2) is 4.88. The largest absolute Gasteiger partial charge is 0.326 e. The molecule has 3 heteroatoms. The van der Waals surface area contributed by atoms with Gasteiger partial charge in [0.25, 0.3) is 0 Å². The molecule has 1 amide bonds. The Balaban J connectivity index is 2.19. The topological polar surface area (TPSA) is 32.3 Å². The number of nitrogens with zero attached hydrogens (tertiary/aromatic N) is 1. The molecule has 1 N–H and O–H groups in total. The Kier molecular flexibility index (Phi) is 3.48. The summed E-state index contributed by atoms with van der Waals surface area (Å²) < 4.78 is 0. The van der Waals surface area contributed by atoms with E-state index in [9.17, 15) is 4.79 Å². The van der Waals surface area contributed by atoms with Crippen molar-refractivity contribution in [2.45, 2.75) is 32.2 Å². The molecule has 1 aliphatic rings. The van der Waals surface area contributed by atoms with Gasteiger partial charge in [0.2, 0.25) is 5.91 Å². The summed E-state index contributed by atoms with van der Waals surface area (Å²) in [4.78, 5) is 13.3. The van der Waals surface area contributed by atoms with Crippen LogP contribution in [0.15, 0.2) is 18.2 Å². The van der Waals surface area contributed by atoms with Gasteiger partial charge in [-0.1, -0.05) is 6.07 Å². The molecule has 17 heavy (non-hydrogen) atoms. The van der Waals surface area contributed by atoms with Crippen LogP contribution in [0.3, 0.4) is 0 Å². The van der Waals surface area contributed by atoms with Crippen LogP contribution in [-0.2, 0) is 17.6 Å². The Bertz CT molecular complexity index is 426. The Morgan fingerprint density at radius 1 is 1.35 bits per heavy atom. The Morgan fingerprint density at radius 3 is 2.76 bits per heavy atom. The van der Waals surface area contributed by atoms with Crippen molar-refractivity contribution in [3.63, 3.8) is 0 Å². The molecule has 0 aliphatic heterocycles. The zero-order valence-electron chi connectivity index (χ0n) is 10.8. The molecule has 2 rings (SSSR count). The first-order valence-corrected chi connectivity index (χ1v) is 6.12. The first-order valence-electron chi connectivity index (χ1n) is 6.12. The van der Waals surface area contributed by atoms with Gasteiger partial charge in [-0.25, -0.2) is 0 Å². The SMILES string of the molecule is CC(=O)Nc1ccc2c(c1)C[C@H](N(C)C)CC2. The van der Waals surface area contributed by atoms with E-state index >= 15 is 0 Å². The molecule has 92 valence electrons. The van der Waals surface area contributed by atoms with E-state index in [1.165, 1.54) is 17.5 Å². The van der Waals surface area contributed by atoms with Gasteiger partial charge in [0.1, 0.15) is 0 Å². The van der Waals surface area contributed by atoms with Crippen molar-refractivity contribution >= 4 is 11.6 Å². The lowest BCUT2D eigenvalue weighted by Gasteiger charge is -2.30. The molecule has 1 aromatic rings. The number of nitrogens with one attached hydrogen (secondary N) is 1. The van der Waals surface area contributed by atoms with Crippen molar-refractivity contribution < 1.29 is 4.79 Å². The van der Waals surface area contributed by atoms with Crippen molar-refractivity contribution in [3.05, 3.63) is 29.3 Å². The number of carbonyl (C=O) groups excluding carboxylic acids is 1. The molecule has 1 aromatic carbocycles. The van der Waals surface area contributed by atoms with Gasteiger partial charge >= 0.3 is 0 Å². The first-order chi connectivity index (χ1) is 8.06. The number of amides is 1. The Morgan fingerprint density at radius 2 is 2.12 bits per heavy atom. The fourth-order valence-corrected chi connectivity index (χ4v) is 2.46. The second-order valence-corrected chi connectivity index (χ2v) is 5.02. The predicted octanol–water partition coefficient (Wildman–Crippen LogP) is 2.06. The van der Waals surface area contributed by atoms with Crippen LogP contribution in [0.4, 0.5) is 5.69 Å². The maximum atomic E-state index is 11.0. The standard InChI is InChI=1S/C14H20N2O/c1-10(17)15-13-6-4-11-5-7-14(16(2)3)9-12(11)8-13/h4,6,8,14H,5,7,9H2,1-3H3,(H,15,17)/t14-/m1/s1. The quantitative estimate of drug-likeness (QED) is 0.846. The van der Waals surface area contributed by atoms with Gasteiger partial charge in [-0.3, -0.25) is 4.79 Å².